The van der Waals surface area contributed by atoms with Gasteiger partial charge in [0.2, 0.25) is 0 Å². The Labute approximate surface area is 335 Å². The zero-order valence-corrected chi connectivity index (χ0v) is 34.7. The van der Waals surface area contributed by atoms with Gasteiger partial charge in [0.15, 0.2) is 11.6 Å². The van der Waals surface area contributed by atoms with Crippen LogP contribution in [0.1, 0.15) is 61.3 Å². The van der Waals surface area contributed by atoms with Crippen LogP contribution in [0.5, 0.6) is 0 Å². The van der Waals surface area contributed by atoms with Crippen molar-refractivity contribution in [3.63, 3.8) is 0 Å². The minimum Gasteiger partial charge on any atom is -0.696 e. The third-order valence-electron chi connectivity index (χ3n) is 6.37. The summed E-state index contributed by atoms with van der Waals surface area (Å²) in [5.74, 6) is 1.10. The van der Waals surface area contributed by atoms with E-state index >= 15 is 0 Å². The Morgan fingerprint density at radius 2 is 1.00 bits per heavy atom. The number of carbonyl (C=O) groups is 2. The van der Waals surface area contributed by atoms with Gasteiger partial charge in [0.25, 0.3) is 0 Å². The van der Waals surface area contributed by atoms with E-state index in [9.17, 15) is 9.59 Å². The Balaban J connectivity index is 0.000000437. The average molecular weight is 786 g/mol. The van der Waals surface area contributed by atoms with E-state index in [1.807, 2.05) is 84.9 Å². The summed E-state index contributed by atoms with van der Waals surface area (Å²) in [5.41, 5.74) is 1.45. The molecule has 0 saturated carbocycles. The molecule has 4 aromatic rings. The molecule has 4 rings (SSSR count). The molecule has 0 aliphatic rings. The van der Waals surface area contributed by atoms with E-state index in [0.29, 0.717) is 17.4 Å². The number of benzene rings is 4. The van der Waals surface area contributed by atoms with Gasteiger partial charge in [0.05, 0.1) is 10.1 Å². The molecule has 10 heteroatoms. The first-order chi connectivity index (χ1) is 22.6. The van der Waals surface area contributed by atoms with Crippen molar-refractivity contribution in [3.8, 4) is 10.8 Å². The number of Topliss-reactive ketones (excluding diaryl/α,β-unsaturated/α-hetero) is 2. The average Bonchev–Trinajstić information content (AvgIpc) is 3.06. The molecule has 244 valence electrons. The number of nitrogens with zero attached hydrogens (tertiary/aromatic N) is 2. The zero-order chi connectivity index (χ0) is 34.6. The smallest absolute Gasteiger partial charge is 0.696 e. The molecule has 0 saturated heterocycles. The van der Waals surface area contributed by atoms with Crippen molar-refractivity contribution in [1.82, 2.24) is 0 Å². The van der Waals surface area contributed by atoms with E-state index in [4.69, 9.17) is 10.5 Å². The summed E-state index contributed by atoms with van der Waals surface area (Å²) < 4.78 is 0. The van der Waals surface area contributed by atoms with Crippen LogP contribution in [0.15, 0.2) is 129 Å². The number of thioether (sulfide) groups is 1. The number of hydrogen-bond acceptors (Lipinski definition) is 8. The normalized spacial score (nSPS) is 11.3. The number of alkyl halides is 1. The van der Waals surface area contributed by atoms with Crippen molar-refractivity contribution in [1.29, 1.82) is 10.5 Å². The van der Waals surface area contributed by atoms with Gasteiger partial charge in [-0.15, -0.1) is 0 Å². The number of hydrogen-bond donors (Lipinski definition) is 0. The summed E-state index contributed by atoms with van der Waals surface area (Å²) in [6, 6.07) is 35.9. The molecule has 0 aromatic heterocycles. The van der Waals surface area contributed by atoms with Gasteiger partial charge in [-0.25, -0.2) is 5.26 Å². The molecule has 0 bridgehead atoms. The Kier molecular flexibility index (Phi) is 22.9. The van der Waals surface area contributed by atoms with Crippen LogP contribution in [0.25, 0.3) is 0 Å². The van der Waals surface area contributed by atoms with Gasteiger partial charge in [-0.1, -0.05) is 133 Å². The van der Waals surface area contributed by atoms with Crippen LogP contribution in [0.4, 0.5) is 0 Å². The van der Waals surface area contributed by atoms with Crippen molar-refractivity contribution in [2.24, 2.45) is 11.8 Å². The Hall–Kier alpha value is -2.05. The number of thiocyanates is 2. The second-order valence-corrected chi connectivity index (χ2v) is 15.7. The van der Waals surface area contributed by atoms with Gasteiger partial charge in [-0.3, -0.25) is 9.59 Å². The van der Waals surface area contributed by atoms with E-state index in [1.54, 1.807) is 23.5 Å². The summed E-state index contributed by atoms with van der Waals surface area (Å²) in [4.78, 5) is 29.4. The van der Waals surface area contributed by atoms with E-state index < -0.39 is 0 Å². The molecule has 0 radical (unpaired) electrons. The minimum absolute atomic E-state index is 0. The number of halogens is 1. The maximum absolute atomic E-state index is 12.6. The van der Waals surface area contributed by atoms with E-state index in [-0.39, 0.29) is 51.2 Å². The van der Waals surface area contributed by atoms with Crippen LogP contribution in [-0.4, -0.2) is 21.6 Å². The van der Waals surface area contributed by atoms with Crippen LogP contribution in [0.3, 0.4) is 0 Å². The fourth-order valence-corrected chi connectivity index (χ4v) is 7.75. The van der Waals surface area contributed by atoms with Crippen molar-refractivity contribution in [2.45, 2.75) is 70.2 Å². The quantitative estimate of drug-likeness (QED) is 0.0439. The van der Waals surface area contributed by atoms with E-state index in [1.165, 1.54) is 15.2 Å². The first-order valence-corrected chi connectivity index (χ1v) is 18.9. The van der Waals surface area contributed by atoms with Crippen LogP contribution in [-0.2, 0) is 12.6 Å². The summed E-state index contributed by atoms with van der Waals surface area (Å²) in [6.45, 7) is 8.39. The summed E-state index contributed by atoms with van der Waals surface area (Å²) >= 11 is 11.6. The molecule has 0 spiro atoms. The number of rotatable bonds is 13. The second kappa shape index (κ2) is 25.0. The maximum Gasteiger partial charge on any atom is 1.00 e. The summed E-state index contributed by atoms with van der Waals surface area (Å²) in [5, 5.41) is 19.2. The maximum atomic E-state index is 12.6. The van der Waals surface area contributed by atoms with Crippen LogP contribution >= 0.6 is 51.2 Å². The van der Waals surface area contributed by atoms with Crippen molar-refractivity contribution in [3.05, 3.63) is 120 Å². The van der Waals surface area contributed by atoms with E-state index in [0.717, 1.165) is 40.0 Å². The Bertz CT molecular complexity index is 1590. The monoisotopic (exact) mass is 784 g/mol. The van der Waals surface area contributed by atoms with Gasteiger partial charge in [-0.05, 0) is 85.0 Å². The molecular formula is C38H38BrN2NaO2S4. The third kappa shape index (κ3) is 17.1. The summed E-state index contributed by atoms with van der Waals surface area (Å²) in [6.07, 6.45) is 1.58. The van der Waals surface area contributed by atoms with Crippen LogP contribution in [0, 0.1) is 33.2 Å². The van der Waals surface area contributed by atoms with Gasteiger partial charge in [0, 0.05) is 30.7 Å². The largest absolute Gasteiger partial charge is 1.00 e. The number of nitriles is 2. The topological polar surface area (TPSA) is 81.7 Å². The first kappa shape index (κ1) is 44.0. The predicted octanol–water partition coefficient (Wildman–Crippen LogP) is 8.50. The van der Waals surface area contributed by atoms with E-state index in [2.05, 4.69) is 85.9 Å². The molecule has 0 aliphatic heterocycles. The molecule has 4 nitrogen and oxygen atoms in total. The van der Waals surface area contributed by atoms with Gasteiger partial charge >= 0.3 is 29.6 Å². The molecule has 0 amide bonds. The molecule has 0 heterocycles. The predicted molar refractivity (Wildman–Crippen MR) is 204 cm³/mol. The molecular weight excluding hydrogens is 748 g/mol. The standard InChI is InChI=1S/C19H19NOS2.C18H19BrOS.CHNS.Na/c1-14(2)12-18(22-13-20)19(21)15-8-10-17(11-9-15)23-16-6-4-3-5-7-16;1-13(2)12-17(19)18(20)14-8-10-16(11-9-14)21-15-6-4-3-5-7-15;2-1-3;/h3-11,14,18H,12H2,1-2H3;3-11,13,17H,12H2,1-2H3;3H;/q;;;+1/p-1. The Morgan fingerprint density at radius 1 is 0.646 bits per heavy atom. The van der Waals surface area contributed by atoms with Crippen molar-refractivity contribution >= 4 is 75.4 Å². The van der Waals surface area contributed by atoms with Crippen LogP contribution < -0.4 is 29.6 Å². The molecule has 0 N–H and O–H groups in total. The Morgan fingerprint density at radius 3 is 1.35 bits per heavy atom. The van der Waals surface area contributed by atoms with Crippen molar-refractivity contribution in [2.75, 3.05) is 0 Å². The van der Waals surface area contributed by atoms with Gasteiger partial charge < -0.3 is 12.6 Å². The molecule has 2 atom stereocenters. The SMILES string of the molecule is CC(C)CC(Br)C(=O)c1ccc(Sc2ccccc2)cc1.CC(C)CC(SC#N)C(=O)c1ccc(Sc2ccccc2)cc1.N#C[S-].[Na+]. The molecule has 4 aromatic carbocycles. The second-order valence-electron chi connectivity index (χ2n) is 11.1. The third-order valence-corrected chi connectivity index (χ3v) is 9.99. The van der Waals surface area contributed by atoms with Gasteiger partial charge in [-0.2, -0.15) is 5.26 Å². The van der Waals surface area contributed by atoms with Crippen molar-refractivity contribution < 1.29 is 39.1 Å². The number of ketones is 2. The minimum atomic E-state index is -0.285. The van der Waals surface area contributed by atoms with Gasteiger partial charge in [0.1, 0.15) is 5.40 Å². The molecule has 0 fully saturated rings. The fraction of sp³-hybridized carbons (Fsp3) is 0.263. The first-order valence-electron chi connectivity index (χ1n) is 15.0. The molecule has 0 aliphatic carbocycles. The number of carbonyl (C=O) groups excluding carboxylic acids is 2. The molecule has 48 heavy (non-hydrogen) atoms. The van der Waals surface area contributed by atoms with Crippen LogP contribution in [0.2, 0.25) is 0 Å². The summed E-state index contributed by atoms with van der Waals surface area (Å²) in [7, 11) is 0. The molecule has 2 unspecified atom stereocenters. The zero-order valence-electron chi connectivity index (χ0n) is 27.8. The fourth-order valence-electron chi connectivity index (χ4n) is 4.21.